The second kappa shape index (κ2) is 6.39. The van der Waals surface area contributed by atoms with Crippen molar-refractivity contribution in [2.75, 3.05) is 0 Å². The van der Waals surface area contributed by atoms with Crippen molar-refractivity contribution in [3.8, 4) is 0 Å². The maximum atomic E-state index is 11.4. The van der Waals surface area contributed by atoms with E-state index in [9.17, 15) is 14.7 Å². The summed E-state index contributed by atoms with van der Waals surface area (Å²) in [7, 11) is 0. The number of aryl methyl sites for hydroxylation is 2. The lowest BCUT2D eigenvalue weighted by molar-refractivity contribution is -0.118. The third-order valence-electron chi connectivity index (χ3n) is 3.45. The van der Waals surface area contributed by atoms with Crippen LogP contribution < -0.4 is 5.73 Å². The molecule has 1 heterocycles. The summed E-state index contributed by atoms with van der Waals surface area (Å²) in [5, 5.41) is 9.33. The van der Waals surface area contributed by atoms with Crippen LogP contribution >= 0.6 is 0 Å². The summed E-state index contributed by atoms with van der Waals surface area (Å²) in [6.45, 7) is 2.62. The lowest BCUT2D eigenvalue weighted by Crippen LogP contribution is -2.11. The van der Waals surface area contributed by atoms with E-state index in [4.69, 9.17) is 5.73 Å². The normalized spacial score (nSPS) is 10.9. The van der Waals surface area contributed by atoms with E-state index >= 15 is 0 Å². The van der Waals surface area contributed by atoms with E-state index in [1.54, 1.807) is 12.1 Å². The molecule has 6 heteroatoms. The van der Waals surface area contributed by atoms with Crippen molar-refractivity contribution in [3.05, 3.63) is 29.6 Å². The van der Waals surface area contributed by atoms with Gasteiger partial charge in [-0.25, -0.2) is 9.78 Å². The lowest BCUT2D eigenvalue weighted by Gasteiger charge is -2.09. The zero-order chi connectivity index (χ0) is 15.4. The smallest absolute Gasteiger partial charge is 0.337 e. The summed E-state index contributed by atoms with van der Waals surface area (Å²) >= 11 is 0. The molecule has 1 aromatic heterocycles. The first kappa shape index (κ1) is 15.0. The molecule has 0 aliphatic heterocycles. The van der Waals surface area contributed by atoms with Gasteiger partial charge >= 0.3 is 5.97 Å². The van der Waals surface area contributed by atoms with Gasteiger partial charge in [0.2, 0.25) is 5.91 Å². The maximum absolute atomic E-state index is 11.4. The Bertz CT molecular complexity index is 676. The Kier molecular flexibility index (Phi) is 4.57. The van der Waals surface area contributed by atoms with Gasteiger partial charge in [0.1, 0.15) is 5.82 Å². The van der Waals surface area contributed by atoms with Gasteiger partial charge in [-0.2, -0.15) is 0 Å². The molecule has 1 amide bonds. The zero-order valence-corrected chi connectivity index (χ0v) is 12.0. The van der Waals surface area contributed by atoms with Crippen LogP contribution in [0.5, 0.6) is 0 Å². The average molecular weight is 289 g/mol. The number of benzene rings is 1. The van der Waals surface area contributed by atoms with Gasteiger partial charge in [-0.05, 0) is 25.0 Å². The molecule has 3 N–H and O–H groups in total. The van der Waals surface area contributed by atoms with E-state index in [1.807, 2.05) is 17.6 Å². The lowest BCUT2D eigenvalue weighted by atomic mass is 10.1. The number of aromatic nitrogens is 2. The number of rotatable bonds is 7. The molecular weight excluding hydrogens is 270 g/mol. The maximum Gasteiger partial charge on any atom is 0.337 e. The highest BCUT2D eigenvalue weighted by atomic mass is 16.4. The van der Waals surface area contributed by atoms with Crippen LogP contribution in [0, 0.1) is 0 Å². The fourth-order valence-electron chi connectivity index (χ4n) is 2.49. The van der Waals surface area contributed by atoms with E-state index in [-0.39, 0.29) is 11.5 Å². The van der Waals surface area contributed by atoms with E-state index in [1.165, 1.54) is 0 Å². The van der Waals surface area contributed by atoms with Crippen LogP contribution in [0.4, 0.5) is 0 Å². The number of fused-ring (bicyclic) bond motifs is 1. The number of carbonyl (C=O) groups excluding carboxylic acids is 1. The number of unbranched alkanes of at least 4 members (excludes halogenated alkanes) is 1. The fourth-order valence-corrected chi connectivity index (χ4v) is 2.49. The number of primary amides is 1. The Morgan fingerprint density at radius 1 is 1.33 bits per heavy atom. The molecule has 0 unspecified atom stereocenters. The minimum absolute atomic E-state index is 0.259. The Morgan fingerprint density at radius 2 is 2.10 bits per heavy atom. The van der Waals surface area contributed by atoms with E-state index < -0.39 is 5.97 Å². The molecule has 0 saturated carbocycles. The molecule has 2 aromatic rings. The molecule has 1 aromatic carbocycles. The minimum Gasteiger partial charge on any atom is -0.478 e. The van der Waals surface area contributed by atoms with E-state index in [2.05, 4.69) is 4.98 Å². The van der Waals surface area contributed by atoms with Gasteiger partial charge in [-0.1, -0.05) is 13.0 Å². The number of carboxylic acids is 1. The van der Waals surface area contributed by atoms with Crippen molar-refractivity contribution in [1.82, 2.24) is 9.55 Å². The summed E-state index contributed by atoms with van der Waals surface area (Å²) in [6, 6.07) is 5.11. The third kappa shape index (κ3) is 3.21. The monoisotopic (exact) mass is 289 g/mol. The first-order chi connectivity index (χ1) is 10.0. The van der Waals surface area contributed by atoms with Crippen molar-refractivity contribution < 1.29 is 14.7 Å². The molecule has 0 bridgehead atoms. The molecule has 0 saturated heterocycles. The third-order valence-corrected chi connectivity index (χ3v) is 3.45. The number of amides is 1. The quantitative estimate of drug-likeness (QED) is 0.761. The number of para-hydroxylation sites is 1. The van der Waals surface area contributed by atoms with Gasteiger partial charge in [0.15, 0.2) is 0 Å². The van der Waals surface area contributed by atoms with Crippen molar-refractivity contribution in [3.63, 3.8) is 0 Å². The predicted octanol–water partition coefficient (Wildman–Crippen LogP) is 1.95. The van der Waals surface area contributed by atoms with Crippen LogP contribution in [0.15, 0.2) is 18.2 Å². The Morgan fingerprint density at radius 3 is 2.71 bits per heavy atom. The van der Waals surface area contributed by atoms with Gasteiger partial charge in [0.25, 0.3) is 0 Å². The average Bonchev–Trinajstić information content (AvgIpc) is 2.81. The van der Waals surface area contributed by atoms with Crippen LogP contribution in [-0.2, 0) is 17.8 Å². The Labute approximate surface area is 122 Å². The van der Waals surface area contributed by atoms with Crippen LogP contribution in [0.3, 0.4) is 0 Å². The van der Waals surface area contributed by atoms with Crippen LogP contribution in [0.2, 0.25) is 0 Å². The topological polar surface area (TPSA) is 98.2 Å². The summed E-state index contributed by atoms with van der Waals surface area (Å²) in [5.74, 6) is -0.410. The number of imidazole rings is 1. The molecule has 6 nitrogen and oxygen atoms in total. The number of carbonyl (C=O) groups is 2. The number of carboxylic acid groups (broad SMARTS) is 1. The molecular formula is C15H19N3O3. The van der Waals surface area contributed by atoms with Crippen LogP contribution in [-0.4, -0.2) is 26.5 Å². The van der Waals surface area contributed by atoms with Gasteiger partial charge in [0, 0.05) is 19.4 Å². The van der Waals surface area contributed by atoms with Gasteiger partial charge in [-0.15, -0.1) is 0 Å². The highest BCUT2D eigenvalue weighted by molar-refractivity contribution is 6.01. The molecule has 2 rings (SSSR count). The number of aromatic carboxylic acids is 1. The fraction of sp³-hybridized carbons (Fsp3) is 0.400. The minimum atomic E-state index is -0.957. The van der Waals surface area contributed by atoms with E-state index in [0.717, 1.165) is 18.7 Å². The number of nitrogens with two attached hydrogens (primary N) is 1. The van der Waals surface area contributed by atoms with Gasteiger partial charge < -0.3 is 15.4 Å². The predicted molar refractivity (Wildman–Crippen MR) is 79.1 cm³/mol. The second-order valence-corrected chi connectivity index (χ2v) is 4.94. The molecule has 0 spiro atoms. The van der Waals surface area contributed by atoms with Crippen LogP contribution in [0.25, 0.3) is 11.0 Å². The van der Waals surface area contributed by atoms with Gasteiger partial charge in [-0.3, -0.25) is 4.79 Å². The highest BCUT2D eigenvalue weighted by Gasteiger charge is 2.16. The Hall–Kier alpha value is -2.37. The SMILES string of the molecule is CCc1nc2cccc(C(=O)O)c2n1CCCCC(N)=O. The largest absolute Gasteiger partial charge is 0.478 e. The van der Waals surface area contributed by atoms with Crippen molar-refractivity contribution in [2.24, 2.45) is 5.73 Å². The Balaban J connectivity index is 2.35. The summed E-state index contributed by atoms with van der Waals surface area (Å²) in [6.07, 6.45) is 2.52. The number of hydrogen-bond acceptors (Lipinski definition) is 3. The molecule has 21 heavy (non-hydrogen) atoms. The molecule has 0 aliphatic rings. The van der Waals surface area contributed by atoms with E-state index in [0.29, 0.717) is 30.4 Å². The number of nitrogens with zero attached hydrogens (tertiary/aromatic N) is 2. The standard InChI is InChI=1S/C15H19N3O3/c1-2-13-17-11-7-5-6-10(15(20)21)14(11)18(13)9-4-3-8-12(16)19/h5-7H,2-4,8-9H2,1H3,(H2,16,19)(H,20,21). The zero-order valence-electron chi connectivity index (χ0n) is 12.0. The first-order valence-electron chi connectivity index (χ1n) is 7.04. The van der Waals surface area contributed by atoms with Crippen molar-refractivity contribution >= 4 is 22.9 Å². The highest BCUT2D eigenvalue weighted by Crippen LogP contribution is 2.22. The summed E-state index contributed by atoms with van der Waals surface area (Å²) in [5.41, 5.74) is 6.74. The summed E-state index contributed by atoms with van der Waals surface area (Å²) in [4.78, 5) is 26.6. The molecule has 0 aliphatic carbocycles. The van der Waals surface area contributed by atoms with Crippen LogP contribution in [0.1, 0.15) is 42.4 Å². The van der Waals surface area contributed by atoms with Gasteiger partial charge in [0.05, 0.1) is 16.6 Å². The molecule has 112 valence electrons. The molecule has 0 radical (unpaired) electrons. The summed E-state index contributed by atoms with van der Waals surface area (Å²) < 4.78 is 1.94. The second-order valence-electron chi connectivity index (χ2n) is 4.94. The first-order valence-corrected chi connectivity index (χ1v) is 7.04. The van der Waals surface area contributed by atoms with Crippen molar-refractivity contribution in [2.45, 2.75) is 39.2 Å². The molecule has 0 fully saturated rings. The number of hydrogen-bond donors (Lipinski definition) is 2. The van der Waals surface area contributed by atoms with Crippen molar-refractivity contribution in [1.29, 1.82) is 0 Å². The molecule has 0 atom stereocenters.